The standard InChI is InChI=1S/C16H28N4O2.HI/c1-13(2)12-22-10-6-9-19-16(17-3)20-11-14-7-5-8-18-15(14)21-4;/h5,7-8,13H,6,9-12H2,1-4H3,(H2,17,19,20);1H. The van der Waals surface area contributed by atoms with E-state index in [1.807, 2.05) is 12.1 Å². The summed E-state index contributed by atoms with van der Waals surface area (Å²) in [5, 5.41) is 6.51. The SMILES string of the molecule is CN=C(NCCCOCC(C)C)NCc1cccnc1OC.I. The Morgan fingerprint density at radius 1 is 1.35 bits per heavy atom. The molecule has 0 saturated heterocycles. The maximum Gasteiger partial charge on any atom is 0.218 e. The van der Waals surface area contributed by atoms with E-state index < -0.39 is 0 Å². The van der Waals surface area contributed by atoms with E-state index in [2.05, 4.69) is 34.5 Å². The number of guanidine groups is 1. The van der Waals surface area contributed by atoms with Gasteiger partial charge in [-0.05, 0) is 18.4 Å². The number of methoxy groups -OCH3 is 1. The largest absolute Gasteiger partial charge is 0.481 e. The lowest BCUT2D eigenvalue weighted by Crippen LogP contribution is -2.37. The Bertz CT molecular complexity index is 455. The molecular weight excluding hydrogens is 407 g/mol. The Morgan fingerprint density at radius 2 is 2.13 bits per heavy atom. The molecule has 0 aliphatic heterocycles. The second kappa shape index (κ2) is 13.4. The fourth-order valence-electron chi connectivity index (χ4n) is 1.84. The molecule has 1 heterocycles. The first-order valence-corrected chi connectivity index (χ1v) is 7.67. The molecule has 0 aromatic carbocycles. The Labute approximate surface area is 156 Å². The number of aliphatic imine (C=N–C) groups is 1. The predicted octanol–water partition coefficient (Wildman–Crippen LogP) is 2.44. The molecule has 7 heteroatoms. The van der Waals surface area contributed by atoms with Gasteiger partial charge in [0.25, 0.3) is 0 Å². The molecule has 0 radical (unpaired) electrons. The molecule has 0 aliphatic rings. The van der Waals surface area contributed by atoms with Gasteiger partial charge in [-0.3, -0.25) is 4.99 Å². The number of pyridine rings is 1. The molecule has 132 valence electrons. The maximum absolute atomic E-state index is 5.55. The fraction of sp³-hybridized carbons (Fsp3) is 0.625. The Kier molecular flexibility index (Phi) is 12.7. The number of hydrogen-bond donors (Lipinski definition) is 2. The summed E-state index contributed by atoms with van der Waals surface area (Å²) in [7, 11) is 3.38. The second-order valence-corrected chi connectivity index (χ2v) is 5.35. The van der Waals surface area contributed by atoms with Gasteiger partial charge in [-0.1, -0.05) is 19.9 Å². The highest BCUT2D eigenvalue weighted by Crippen LogP contribution is 2.12. The number of rotatable bonds is 9. The summed E-state index contributed by atoms with van der Waals surface area (Å²) in [4.78, 5) is 8.37. The zero-order chi connectivity index (χ0) is 16.2. The van der Waals surface area contributed by atoms with Crippen LogP contribution in [-0.4, -0.2) is 44.9 Å². The Morgan fingerprint density at radius 3 is 2.78 bits per heavy atom. The molecule has 1 aromatic heterocycles. The highest BCUT2D eigenvalue weighted by molar-refractivity contribution is 14.0. The number of ether oxygens (including phenoxy) is 2. The lowest BCUT2D eigenvalue weighted by atomic mass is 10.2. The fourth-order valence-corrected chi connectivity index (χ4v) is 1.84. The van der Waals surface area contributed by atoms with Crippen LogP contribution in [0.2, 0.25) is 0 Å². The smallest absolute Gasteiger partial charge is 0.218 e. The first kappa shape index (κ1) is 21.9. The molecule has 23 heavy (non-hydrogen) atoms. The van der Waals surface area contributed by atoms with Crippen LogP contribution >= 0.6 is 24.0 Å². The summed E-state index contributed by atoms with van der Waals surface area (Å²) in [6, 6.07) is 3.87. The monoisotopic (exact) mass is 436 g/mol. The van der Waals surface area contributed by atoms with Crippen molar-refractivity contribution >= 4 is 29.9 Å². The van der Waals surface area contributed by atoms with Gasteiger partial charge in [-0.25, -0.2) is 4.98 Å². The predicted molar refractivity (Wildman–Crippen MR) is 105 cm³/mol. The van der Waals surface area contributed by atoms with Crippen LogP contribution in [0.25, 0.3) is 0 Å². The van der Waals surface area contributed by atoms with Crippen LogP contribution in [0.3, 0.4) is 0 Å². The van der Waals surface area contributed by atoms with Crippen molar-refractivity contribution in [3.8, 4) is 5.88 Å². The molecular formula is C16H29IN4O2. The first-order chi connectivity index (χ1) is 10.7. The van der Waals surface area contributed by atoms with Crippen molar-refractivity contribution in [1.29, 1.82) is 0 Å². The molecule has 2 N–H and O–H groups in total. The zero-order valence-electron chi connectivity index (χ0n) is 14.5. The Hall–Kier alpha value is -1.09. The van der Waals surface area contributed by atoms with E-state index in [0.717, 1.165) is 37.7 Å². The third-order valence-corrected chi connectivity index (χ3v) is 2.92. The van der Waals surface area contributed by atoms with Crippen molar-refractivity contribution < 1.29 is 9.47 Å². The maximum atomic E-state index is 5.55. The molecule has 6 nitrogen and oxygen atoms in total. The van der Waals surface area contributed by atoms with Gasteiger partial charge in [0.2, 0.25) is 5.88 Å². The number of hydrogen-bond acceptors (Lipinski definition) is 4. The minimum atomic E-state index is 0. The van der Waals surface area contributed by atoms with Gasteiger partial charge in [0.1, 0.15) is 0 Å². The molecule has 0 spiro atoms. The van der Waals surface area contributed by atoms with Crippen LogP contribution in [0.1, 0.15) is 25.8 Å². The van der Waals surface area contributed by atoms with E-state index >= 15 is 0 Å². The van der Waals surface area contributed by atoms with Gasteiger partial charge < -0.3 is 20.1 Å². The molecule has 0 fully saturated rings. The van der Waals surface area contributed by atoms with Crippen molar-refractivity contribution in [3.05, 3.63) is 23.9 Å². The molecule has 0 aliphatic carbocycles. The van der Waals surface area contributed by atoms with Crippen LogP contribution in [-0.2, 0) is 11.3 Å². The van der Waals surface area contributed by atoms with Gasteiger partial charge in [0, 0.05) is 45.1 Å². The molecule has 0 saturated carbocycles. The quantitative estimate of drug-likeness (QED) is 0.270. The van der Waals surface area contributed by atoms with Gasteiger partial charge in [0.05, 0.1) is 7.11 Å². The van der Waals surface area contributed by atoms with Gasteiger partial charge in [-0.15, -0.1) is 24.0 Å². The third-order valence-electron chi connectivity index (χ3n) is 2.92. The van der Waals surface area contributed by atoms with Crippen molar-refractivity contribution in [2.45, 2.75) is 26.8 Å². The Balaban J connectivity index is 0.00000484. The number of halogens is 1. The number of nitrogens with one attached hydrogen (secondary N) is 2. The summed E-state index contributed by atoms with van der Waals surface area (Å²) in [6.07, 6.45) is 2.66. The minimum absolute atomic E-state index is 0. The van der Waals surface area contributed by atoms with Gasteiger partial charge in [0.15, 0.2) is 5.96 Å². The normalized spacial score (nSPS) is 11.1. The van der Waals surface area contributed by atoms with Gasteiger partial charge in [-0.2, -0.15) is 0 Å². The molecule has 0 amide bonds. The average molecular weight is 436 g/mol. The first-order valence-electron chi connectivity index (χ1n) is 7.67. The highest BCUT2D eigenvalue weighted by atomic mass is 127. The second-order valence-electron chi connectivity index (χ2n) is 5.35. The van der Waals surface area contributed by atoms with Crippen molar-refractivity contribution in [2.24, 2.45) is 10.9 Å². The van der Waals surface area contributed by atoms with E-state index in [0.29, 0.717) is 18.3 Å². The zero-order valence-corrected chi connectivity index (χ0v) is 16.8. The lowest BCUT2D eigenvalue weighted by molar-refractivity contribution is 0.108. The molecule has 0 unspecified atom stereocenters. The van der Waals surface area contributed by atoms with Crippen molar-refractivity contribution in [2.75, 3.05) is 33.9 Å². The van der Waals surface area contributed by atoms with Crippen LogP contribution < -0.4 is 15.4 Å². The number of aromatic nitrogens is 1. The van der Waals surface area contributed by atoms with E-state index in [1.165, 1.54) is 0 Å². The summed E-state index contributed by atoms with van der Waals surface area (Å²) in [5.74, 6) is 1.97. The van der Waals surface area contributed by atoms with Crippen LogP contribution in [0.15, 0.2) is 23.3 Å². The highest BCUT2D eigenvalue weighted by Gasteiger charge is 2.04. The van der Waals surface area contributed by atoms with Crippen LogP contribution in [0.4, 0.5) is 0 Å². The topological polar surface area (TPSA) is 67.8 Å². The molecule has 1 aromatic rings. The summed E-state index contributed by atoms with van der Waals surface area (Å²) >= 11 is 0. The van der Waals surface area contributed by atoms with Gasteiger partial charge >= 0.3 is 0 Å². The molecule has 0 atom stereocenters. The third kappa shape index (κ3) is 9.60. The summed E-state index contributed by atoms with van der Waals surface area (Å²) in [6.45, 7) is 7.31. The molecule has 1 rings (SSSR count). The van der Waals surface area contributed by atoms with E-state index in [1.54, 1.807) is 20.4 Å². The van der Waals surface area contributed by atoms with E-state index in [4.69, 9.17) is 9.47 Å². The van der Waals surface area contributed by atoms with Crippen LogP contribution in [0, 0.1) is 5.92 Å². The number of nitrogens with zero attached hydrogens (tertiary/aromatic N) is 2. The summed E-state index contributed by atoms with van der Waals surface area (Å²) < 4.78 is 10.8. The lowest BCUT2D eigenvalue weighted by Gasteiger charge is -2.13. The average Bonchev–Trinajstić information content (AvgIpc) is 2.53. The van der Waals surface area contributed by atoms with Crippen LogP contribution in [0.5, 0.6) is 5.88 Å². The molecule has 0 bridgehead atoms. The summed E-state index contributed by atoms with van der Waals surface area (Å²) in [5.41, 5.74) is 0.994. The van der Waals surface area contributed by atoms with E-state index in [-0.39, 0.29) is 24.0 Å². The minimum Gasteiger partial charge on any atom is -0.481 e. The van der Waals surface area contributed by atoms with Crippen molar-refractivity contribution in [3.63, 3.8) is 0 Å². The van der Waals surface area contributed by atoms with E-state index in [9.17, 15) is 0 Å². The van der Waals surface area contributed by atoms with Crippen molar-refractivity contribution in [1.82, 2.24) is 15.6 Å².